The van der Waals surface area contributed by atoms with E-state index in [1.54, 1.807) is 26.3 Å². The van der Waals surface area contributed by atoms with Crippen LogP contribution in [-0.4, -0.2) is 44.9 Å². The Hall–Kier alpha value is -2.89. The second-order valence-corrected chi connectivity index (χ2v) is 6.27. The summed E-state index contributed by atoms with van der Waals surface area (Å²) in [5.74, 6) is 1.64. The third-order valence-corrected chi connectivity index (χ3v) is 4.38. The molecule has 6 nitrogen and oxygen atoms in total. The van der Waals surface area contributed by atoms with Gasteiger partial charge >= 0.3 is 0 Å². The van der Waals surface area contributed by atoms with Gasteiger partial charge in [-0.05, 0) is 49.7 Å². The number of phenols is 1. The van der Waals surface area contributed by atoms with Crippen LogP contribution >= 0.6 is 0 Å². The number of phenolic OH excluding ortho intramolecular Hbond substituents is 1. The molecule has 0 saturated carbocycles. The first-order valence-electron chi connectivity index (χ1n) is 9.19. The van der Waals surface area contributed by atoms with Crippen molar-refractivity contribution in [2.75, 3.05) is 38.7 Å². The largest absolute Gasteiger partial charge is 0.508 e. The van der Waals surface area contributed by atoms with Crippen LogP contribution < -0.4 is 20.3 Å². The molecular formula is C21H30N4O2. The predicted molar refractivity (Wildman–Crippen MR) is 112 cm³/mol. The molecule has 0 fully saturated rings. The lowest BCUT2D eigenvalue weighted by atomic mass is 10.2. The van der Waals surface area contributed by atoms with Gasteiger partial charge in [0.05, 0.1) is 7.11 Å². The number of aliphatic imine (C=N–C) groups is 1. The summed E-state index contributed by atoms with van der Waals surface area (Å²) in [4.78, 5) is 6.57. The van der Waals surface area contributed by atoms with E-state index in [1.165, 1.54) is 11.3 Å². The number of aromatic hydroxyl groups is 1. The number of hydrogen-bond donors (Lipinski definition) is 3. The van der Waals surface area contributed by atoms with Gasteiger partial charge in [-0.2, -0.15) is 0 Å². The number of anilines is 1. The normalized spacial score (nSPS) is 11.2. The highest BCUT2D eigenvalue weighted by Crippen LogP contribution is 2.22. The first-order chi connectivity index (χ1) is 13.1. The Morgan fingerprint density at radius 1 is 1.19 bits per heavy atom. The van der Waals surface area contributed by atoms with E-state index in [0.717, 1.165) is 25.2 Å². The summed E-state index contributed by atoms with van der Waals surface area (Å²) in [5.41, 5.74) is 3.24. The highest BCUT2D eigenvalue weighted by Gasteiger charge is 2.07. The molecule has 0 aromatic heterocycles. The first kappa shape index (κ1) is 20.4. The van der Waals surface area contributed by atoms with Crippen LogP contribution in [0.1, 0.15) is 18.1 Å². The maximum Gasteiger partial charge on any atom is 0.191 e. The molecule has 0 atom stereocenters. The summed E-state index contributed by atoms with van der Waals surface area (Å²) in [6.07, 6.45) is 0. The molecule has 146 valence electrons. The van der Waals surface area contributed by atoms with Gasteiger partial charge in [0.25, 0.3) is 0 Å². The van der Waals surface area contributed by atoms with Gasteiger partial charge in [-0.15, -0.1) is 0 Å². The van der Waals surface area contributed by atoms with Gasteiger partial charge in [0.2, 0.25) is 0 Å². The van der Waals surface area contributed by atoms with Crippen molar-refractivity contribution in [3.05, 3.63) is 53.6 Å². The molecule has 2 rings (SSSR count). The Morgan fingerprint density at radius 2 is 2.00 bits per heavy atom. The zero-order chi connectivity index (χ0) is 19.6. The number of hydrogen-bond acceptors (Lipinski definition) is 4. The monoisotopic (exact) mass is 370 g/mol. The van der Waals surface area contributed by atoms with Gasteiger partial charge < -0.3 is 25.4 Å². The number of rotatable bonds is 8. The number of aryl methyl sites for hydroxylation is 1. The van der Waals surface area contributed by atoms with E-state index >= 15 is 0 Å². The molecule has 27 heavy (non-hydrogen) atoms. The number of benzene rings is 2. The maximum absolute atomic E-state index is 9.98. The minimum absolute atomic E-state index is 0.232. The van der Waals surface area contributed by atoms with Crippen LogP contribution in [-0.2, 0) is 6.54 Å². The van der Waals surface area contributed by atoms with Crippen molar-refractivity contribution in [3.8, 4) is 11.5 Å². The minimum Gasteiger partial charge on any atom is -0.508 e. The van der Waals surface area contributed by atoms with Crippen molar-refractivity contribution in [2.24, 2.45) is 4.99 Å². The lowest BCUT2D eigenvalue weighted by Gasteiger charge is -2.24. The summed E-state index contributed by atoms with van der Waals surface area (Å²) >= 11 is 0. The molecule has 0 amide bonds. The van der Waals surface area contributed by atoms with Crippen molar-refractivity contribution in [2.45, 2.75) is 20.4 Å². The van der Waals surface area contributed by atoms with Crippen molar-refractivity contribution >= 4 is 11.6 Å². The van der Waals surface area contributed by atoms with Gasteiger partial charge in [-0.1, -0.05) is 12.1 Å². The molecule has 0 radical (unpaired) electrons. The van der Waals surface area contributed by atoms with Gasteiger partial charge in [0, 0.05) is 44.5 Å². The van der Waals surface area contributed by atoms with Crippen molar-refractivity contribution in [3.63, 3.8) is 0 Å². The quantitative estimate of drug-likeness (QED) is 0.492. The van der Waals surface area contributed by atoms with Crippen LogP contribution in [0.5, 0.6) is 11.5 Å². The lowest BCUT2D eigenvalue weighted by molar-refractivity contribution is 0.410. The smallest absolute Gasteiger partial charge is 0.191 e. The van der Waals surface area contributed by atoms with E-state index in [9.17, 15) is 5.11 Å². The summed E-state index contributed by atoms with van der Waals surface area (Å²) in [6, 6.07) is 13.7. The molecule has 0 aliphatic heterocycles. The van der Waals surface area contributed by atoms with Crippen LogP contribution in [0.4, 0.5) is 5.69 Å². The zero-order valence-corrected chi connectivity index (χ0v) is 16.6. The van der Waals surface area contributed by atoms with E-state index in [0.29, 0.717) is 18.3 Å². The van der Waals surface area contributed by atoms with Crippen LogP contribution in [0.2, 0.25) is 0 Å². The van der Waals surface area contributed by atoms with Crippen molar-refractivity contribution < 1.29 is 9.84 Å². The highest BCUT2D eigenvalue weighted by molar-refractivity contribution is 5.79. The number of methoxy groups -OCH3 is 1. The molecule has 3 N–H and O–H groups in total. The Bertz CT molecular complexity index is 762. The SMILES string of the molecule is CCN(CCNC(=NC)NCc1cc(OC)ccc1O)c1cccc(C)c1. The second kappa shape index (κ2) is 10.3. The fourth-order valence-corrected chi connectivity index (χ4v) is 2.83. The summed E-state index contributed by atoms with van der Waals surface area (Å²) < 4.78 is 5.21. The van der Waals surface area contributed by atoms with Crippen LogP contribution in [0, 0.1) is 6.92 Å². The van der Waals surface area contributed by atoms with Gasteiger partial charge in [0.15, 0.2) is 5.96 Å². The van der Waals surface area contributed by atoms with Crippen molar-refractivity contribution in [1.29, 1.82) is 0 Å². The number of ether oxygens (including phenoxy) is 1. The van der Waals surface area contributed by atoms with Gasteiger partial charge in [-0.25, -0.2) is 0 Å². The van der Waals surface area contributed by atoms with Crippen LogP contribution in [0.15, 0.2) is 47.5 Å². The molecule has 0 spiro atoms. The fraction of sp³-hybridized carbons (Fsp3) is 0.381. The average molecular weight is 370 g/mol. The fourth-order valence-electron chi connectivity index (χ4n) is 2.83. The Balaban J connectivity index is 1.86. The Kier molecular flexibility index (Phi) is 7.79. The summed E-state index contributed by atoms with van der Waals surface area (Å²) in [7, 11) is 3.34. The molecule has 2 aromatic carbocycles. The van der Waals surface area contributed by atoms with E-state index < -0.39 is 0 Å². The van der Waals surface area contributed by atoms with E-state index in [4.69, 9.17) is 4.74 Å². The summed E-state index contributed by atoms with van der Waals surface area (Å²) in [5, 5.41) is 16.5. The standard InChI is InChI=1S/C21H30N4O2/c1-5-25(18-8-6-7-16(2)13-18)12-11-23-21(22-3)24-15-17-14-19(27-4)9-10-20(17)26/h6-10,13-14,26H,5,11-12,15H2,1-4H3,(H2,22,23,24). The van der Waals surface area contributed by atoms with Gasteiger partial charge in [0.1, 0.15) is 11.5 Å². The van der Waals surface area contributed by atoms with Crippen LogP contribution in [0.3, 0.4) is 0 Å². The molecular weight excluding hydrogens is 340 g/mol. The van der Waals surface area contributed by atoms with Crippen LogP contribution in [0.25, 0.3) is 0 Å². The highest BCUT2D eigenvalue weighted by atomic mass is 16.5. The zero-order valence-electron chi connectivity index (χ0n) is 16.6. The number of nitrogens with zero attached hydrogens (tertiary/aromatic N) is 2. The van der Waals surface area contributed by atoms with Crippen molar-refractivity contribution in [1.82, 2.24) is 10.6 Å². The Morgan fingerprint density at radius 3 is 2.67 bits per heavy atom. The molecule has 0 saturated heterocycles. The molecule has 0 bridgehead atoms. The average Bonchev–Trinajstić information content (AvgIpc) is 2.68. The molecule has 0 unspecified atom stereocenters. The maximum atomic E-state index is 9.98. The Labute approximate surface area is 161 Å². The minimum atomic E-state index is 0.232. The third kappa shape index (κ3) is 6.09. The number of likely N-dealkylation sites (N-methyl/N-ethyl adjacent to an activating group) is 1. The molecule has 0 heterocycles. The first-order valence-corrected chi connectivity index (χ1v) is 9.19. The number of guanidine groups is 1. The lowest BCUT2D eigenvalue weighted by Crippen LogP contribution is -2.41. The topological polar surface area (TPSA) is 69.1 Å². The number of nitrogens with one attached hydrogen (secondary N) is 2. The van der Waals surface area contributed by atoms with E-state index in [-0.39, 0.29) is 5.75 Å². The predicted octanol–water partition coefficient (Wildman–Crippen LogP) is 2.90. The molecule has 0 aliphatic rings. The van der Waals surface area contributed by atoms with Gasteiger partial charge in [-0.3, -0.25) is 4.99 Å². The molecule has 2 aromatic rings. The van der Waals surface area contributed by atoms with E-state index in [1.807, 2.05) is 6.07 Å². The molecule has 0 aliphatic carbocycles. The van der Waals surface area contributed by atoms with E-state index in [2.05, 4.69) is 58.6 Å². The summed E-state index contributed by atoms with van der Waals surface area (Å²) in [6.45, 7) is 7.28. The second-order valence-electron chi connectivity index (χ2n) is 6.27. The third-order valence-electron chi connectivity index (χ3n) is 4.38. The molecule has 6 heteroatoms.